The van der Waals surface area contributed by atoms with Crippen molar-refractivity contribution in [1.29, 1.82) is 0 Å². The third kappa shape index (κ3) is 2.75. The third-order valence-corrected chi connectivity index (χ3v) is 4.43. The Bertz CT molecular complexity index is 891. The number of anilines is 2. The highest BCUT2D eigenvalue weighted by Gasteiger charge is 2.38. The van der Waals surface area contributed by atoms with Gasteiger partial charge in [0.05, 0.1) is 17.6 Å². The summed E-state index contributed by atoms with van der Waals surface area (Å²) in [5, 5.41) is 17.6. The molecule has 0 radical (unpaired) electrons. The van der Waals surface area contributed by atoms with Crippen LogP contribution in [0, 0.1) is 0 Å². The highest BCUT2D eigenvalue weighted by atomic mass is 19.4. The van der Waals surface area contributed by atoms with Crippen LogP contribution < -0.4 is 10.6 Å². The molecule has 0 bridgehead atoms. The third-order valence-electron chi connectivity index (χ3n) is 4.43. The topological polar surface area (TPSA) is 101 Å². The monoisotopic (exact) mass is 352 g/mol. The van der Waals surface area contributed by atoms with Crippen LogP contribution in [-0.4, -0.2) is 43.1 Å². The molecular formula is C14H15F3N8. The fourth-order valence-corrected chi connectivity index (χ4v) is 3.15. The first-order valence-corrected chi connectivity index (χ1v) is 7.77. The standard InChI is InChI=1S/C14H15F3N8/c15-14(16,17)13-22-20-10-1-2-11(23-25(10)13)24-5-3-8(4-6-24)12-9(18)7-19-21-12/h1-2,7-8H,3-6,18H2,(H,19,21). The summed E-state index contributed by atoms with van der Waals surface area (Å²) in [6.45, 7) is 1.32. The average molecular weight is 352 g/mol. The summed E-state index contributed by atoms with van der Waals surface area (Å²) >= 11 is 0. The van der Waals surface area contributed by atoms with Gasteiger partial charge in [-0.25, -0.2) is 0 Å². The lowest BCUT2D eigenvalue weighted by molar-refractivity contribution is -0.146. The normalized spacial score (nSPS) is 16.7. The highest BCUT2D eigenvalue weighted by molar-refractivity contribution is 5.47. The maximum atomic E-state index is 13.0. The summed E-state index contributed by atoms with van der Waals surface area (Å²) < 4.78 is 39.7. The van der Waals surface area contributed by atoms with Crippen LogP contribution in [0.2, 0.25) is 0 Å². The Balaban J connectivity index is 1.56. The van der Waals surface area contributed by atoms with Crippen molar-refractivity contribution >= 4 is 17.2 Å². The molecule has 3 aromatic rings. The Morgan fingerprint density at radius 1 is 1.16 bits per heavy atom. The number of hydrogen-bond acceptors (Lipinski definition) is 6. The van der Waals surface area contributed by atoms with Crippen LogP contribution in [0.5, 0.6) is 0 Å². The second-order valence-corrected chi connectivity index (χ2v) is 5.98. The Morgan fingerprint density at radius 3 is 2.56 bits per heavy atom. The van der Waals surface area contributed by atoms with Crippen LogP contribution in [-0.2, 0) is 6.18 Å². The van der Waals surface area contributed by atoms with Crippen molar-refractivity contribution in [2.45, 2.75) is 24.9 Å². The molecule has 0 amide bonds. The molecule has 4 heterocycles. The van der Waals surface area contributed by atoms with Gasteiger partial charge in [0.1, 0.15) is 5.82 Å². The molecule has 0 spiro atoms. The van der Waals surface area contributed by atoms with Gasteiger partial charge >= 0.3 is 6.18 Å². The summed E-state index contributed by atoms with van der Waals surface area (Å²) in [5.41, 5.74) is 7.50. The van der Waals surface area contributed by atoms with E-state index in [1.54, 1.807) is 12.3 Å². The molecule has 1 aliphatic heterocycles. The first-order valence-electron chi connectivity index (χ1n) is 7.77. The second kappa shape index (κ2) is 5.60. The van der Waals surface area contributed by atoms with E-state index in [1.807, 2.05) is 4.90 Å². The van der Waals surface area contributed by atoms with Crippen LogP contribution in [0.4, 0.5) is 24.7 Å². The maximum absolute atomic E-state index is 13.0. The molecule has 0 aromatic carbocycles. The predicted molar refractivity (Wildman–Crippen MR) is 83.0 cm³/mol. The molecule has 1 aliphatic rings. The molecule has 1 saturated heterocycles. The zero-order valence-corrected chi connectivity index (χ0v) is 13.0. The summed E-state index contributed by atoms with van der Waals surface area (Å²) in [6, 6.07) is 3.15. The number of nitrogens with one attached hydrogen (secondary N) is 1. The van der Waals surface area contributed by atoms with Gasteiger partial charge in [0.15, 0.2) is 5.65 Å². The Kier molecular flexibility index (Phi) is 3.51. The van der Waals surface area contributed by atoms with Crippen molar-refractivity contribution in [3.8, 4) is 0 Å². The van der Waals surface area contributed by atoms with Crippen molar-refractivity contribution in [3.05, 3.63) is 29.8 Å². The minimum Gasteiger partial charge on any atom is -0.396 e. The highest BCUT2D eigenvalue weighted by Crippen LogP contribution is 2.32. The van der Waals surface area contributed by atoms with E-state index in [0.29, 0.717) is 24.6 Å². The van der Waals surface area contributed by atoms with E-state index in [1.165, 1.54) is 6.07 Å². The van der Waals surface area contributed by atoms with Crippen LogP contribution in [0.15, 0.2) is 18.3 Å². The van der Waals surface area contributed by atoms with Gasteiger partial charge in [0.25, 0.3) is 5.82 Å². The van der Waals surface area contributed by atoms with E-state index in [4.69, 9.17) is 5.73 Å². The number of rotatable bonds is 2. The molecular weight excluding hydrogens is 337 g/mol. The molecule has 132 valence electrons. The summed E-state index contributed by atoms with van der Waals surface area (Å²) in [5.74, 6) is -0.401. The molecule has 8 nitrogen and oxygen atoms in total. The molecule has 25 heavy (non-hydrogen) atoms. The van der Waals surface area contributed by atoms with Crippen molar-refractivity contribution < 1.29 is 13.2 Å². The van der Waals surface area contributed by atoms with Gasteiger partial charge in [-0.1, -0.05) is 0 Å². The number of halogens is 3. The fraction of sp³-hybridized carbons (Fsp3) is 0.429. The number of alkyl halides is 3. The lowest BCUT2D eigenvalue weighted by Crippen LogP contribution is -2.34. The number of H-pyrrole nitrogens is 1. The number of nitrogens with two attached hydrogens (primary N) is 1. The fourth-order valence-electron chi connectivity index (χ4n) is 3.15. The SMILES string of the molecule is Nc1cn[nH]c1C1CCN(c2ccc3nnc(C(F)(F)F)n3n2)CC1. The molecule has 0 aliphatic carbocycles. The molecule has 0 atom stereocenters. The molecule has 1 fully saturated rings. The first-order chi connectivity index (χ1) is 11.9. The van der Waals surface area contributed by atoms with Crippen molar-refractivity contribution in [3.63, 3.8) is 0 Å². The minimum atomic E-state index is -4.60. The Labute approximate surface area is 139 Å². The predicted octanol–water partition coefficient (Wildman–Crippen LogP) is 1.83. The largest absolute Gasteiger partial charge is 0.453 e. The van der Waals surface area contributed by atoms with Crippen LogP contribution in [0.3, 0.4) is 0 Å². The maximum Gasteiger partial charge on any atom is 0.453 e. The van der Waals surface area contributed by atoms with E-state index < -0.39 is 12.0 Å². The lowest BCUT2D eigenvalue weighted by Gasteiger charge is -2.32. The quantitative estimate of drug-likeness (QED) is 0.730. The number of aromatic nitrogens is 6. The molecule has 0 saturated carbocycles. The van der Waals surface area contributed by atoms with Crippen molar-refractivity contribution in [1.82, 2.24) is 30.0 Å². The van der Waals surface area contributed by atoms with Crippen LogP contribution in [0.1, 0.15) is 30.3 Å². The lowest BCUT2D eigenvalue weighted by atomic mass is 9.93. The average Bonchev–Trinajstić information content (AvgIpc) is 3.20. The number of nitrogens with zero attached hydrogens (tertiary/aromatic N) is 6. The van der Waals surface area contributed by atoms with Gasteiger partial charge < -0.3 is 10.6 Å². The zero-order chi connectivity index (χ0) is 17.6. The molecule has 0 unspecified atom stereocenters. The van der Waals surface area contributed by atoms with Gasteiger partial charge in [-0.15, -0.1) is 15.3 Å². The Morgan fingerprint density at radius 2 is 1.92 bits per heavy atom. The van der Waals surface area contributed by atoms with E-state index in [9.17, 15) is 13.2 Å². The molecule has 4 rings (SSSR count). The number of hydrogen-bond donors (Lipinski definition) is 2. The van der Waals surface area contributed by atoms with Gasteiger partial charge in [-0.2, -0.15) is 22.8 Å². The smallest absolute Gasteiger partial charge is 0.396 e. The number of piperidine rings is 1. The van der Waals surface area contributed by atoms with Crippen molar-refractivity contribution in [2.24, 2.45) is 0 Å². The summed E-state index contributed by atoms with van der Waals surface area (Å²) in [6.07, 6.45) is -1.40. The van der Waals surface area contributed by atoms with Gasteiger partial charge in [-0.3, -0.25) is 5.10 Å². The van der Waals surface area contributed by atoms with E-state index in [0.717, 1.165) is 23.1 Å². The minimum absolute atomic E-state index is 0.0659. The first kappa shape index (κ1) is 15.7. The number of fused-ring (bicyclic) bond motifs is 1. The molecule has 3 aromatic heterocycles. The van der Waals surface area contributed by atoms with E-state index >= 15 is 0 Å². The van der Waals surface area contributed by atoms with Crippen LogP contribution in [0.25, 0.3) is 5.65 Å². The molecule has 11 heteroatoms. The number of aromatic amines is 1. The Hall–Kier alpha value is -2.85. The zero-order valence-electron chi connectivity index (χ0n) is 13.0. The van der Waals surface area contributed by atoms with Gasteiger partial charge in [0.2, 0.25) is 0 Å². The second-order valence-electron chi connectivity index (χ2n) is 5.98. The van der Waals surface area contributed by atoms with Gasteiger partial charge in [0, 0.05) is 19.0 Å². The van der Waals surface area contributed by atoms with Crippen LogP contribution >= 0.6 is 0 Å². The summed E-state index contributed by atoms with van der Waals surface area (Å²) in [7, 11) is 0. The number of nitrogen functional groups attached to an aromatic ring is 1. The van der Waals surface area contributed by atoms with E-state index in [2.05, 4.69) is 25.5 Å². The van der Waals surface area contributed by atoms with Gasteiger partial charge in [-0.05, 0) is 25.0 Å². The molecule has 3 N–H and O–H groups in total. The van der Waals surface area contributed by atoms with E-state index in [-0.39, 0.29) is 11.6 Å². The van der Waals surface area contributed by atoms with Crippen molar-refractivity contribution in [2.75, 3.05) is 23.7 Å². The summed E-state index contributed by atoms with van der Waals surface area (Å²) in [4.78, 5) is 1.95.